The molecule has 0 aliphatic carbocycles. The molecule has 2 aromatic rings. The number of hydrogen-bond donors (Lipinski definition) is 0. The third-order valence-corrected chi connectivity index (χ3v) is 4.71. The Bertz CT molecular complexity index is 786. The maximum Gasteiger partial charge on any atom is 0.257 e. The van der Waals surface area contributed by atoms with E-state index < -0.39 is 0 Å². The molecule has 0 N–H and O–H groups in total. The zero-order chi connectivity index (χ0) is 19.2. The minimum absolute atomic E-state index is 0.0384. The lowest BCUT2D eigenvalue weighted by atomic mass is 10.1. The highest BCUT2D eigenvalue weighted by Gasteiger charge is 2.26. The molecule has 144 valence electrons. The maximum atomic E-state index is 13.0. The number of carbonyl (C=O) groups is 1. The molecule has 2 aromatic carbocycles. The lowest BCUT2D eigenvalue weighted by molar-refractivity contribution is 0.0742. The number of nitrogens with zero attached hydrogens (tertiary/aromatic N) is 2. The van der Waals surface area contributed by atoms with Crippen molar-refractivity contribution in [1.82, 2.24) is 4.90 Å². The molecule has 6 nitrogen and oxygen atoms in total. The van der Waals surface area contributed by atoms with Gasteiger partial charge in [0, 0.05) is 26.2 Å². The SMILES string of the molecule is CCOc1ccccc1N1CCN(C(=O)c2cccc(OC)c2OC)CC1. The average molecular weight is 370 g/mol. The molecule has 0 aromatic heterocycles. The van der Waals surface area contributed by atoms with Crippen molar-refractivity contribution in [2.75, 3.05) is 51.9 Å². The first kappa shape index (κ1) is 18.9. The van der Waals surface area contributed by atoms with Crippen LogP contribution in [0.5, 0.6) is 17.2 Å². The summed E-state index contributed by atoms with van der Waals surface area (Å²) >= 11 is 0. The molecule has 6 heteroatoms. The molecule has 0 spiro atoms. The highest BCUT2D eigenvalue weighted by molar-refractivity contribution is 5.98. The smallest absolute Gasteiger partial charge is 0.257 e. The van der Waals surface area contributed by atoms with Crippen molar-refractivity contribution in [3.05, 3.63) is 48.0 Å². The topological polar surface area (TPSA) is 51.2 Å². The van der Waals surface area contributed by atoms with Gasteiger partial charge < -0.3 is 24.0 Å². The Morgan fingerprint density at radius 1 is 0.926 bits per heavy atom. The molecule has 0 saturated carbocycles. The summed E-state index contributed by atoms with van der Waals surface area (Å²) in [5.74, 6) is 1.89. The molecule has 0 unspecified atom stereocenters. The molecule has 27 heavy (non-hydrogen) atoms. The zero-order valence-electron chi connectivity index (χ0n) is 16.1. The predicted octanol–water partition coefficient (Wildman–Crippen LogP) is 3.06. The van der Waals surface area contributed by atoms with Crippen LogP contribution >= 0.6 is 0 Å². The second kappa shape index (κ2) is 8.66. The van der Waals surface area contributed by atoms with E-state index in [0.29, 0.717) is 36.8 Å². The fourth-order valence-electron chi connectivity index (χ4n) is 3.37. The molecule has 1 aliphatic rings. The summed E-state index contributed by atoms with van der Waals surface area (Å²) in [6.45, 7) is 5.39. The van der Waals surface area contributed by atoms with Crippen LogP contribution in [-0.2, 0) is 0 Å². The van der Waals surface area contributed by atoms with Crippen LogP contribution in [-0.4, -0.2) is 57.8 Å². The van der Waals surface area contributed by atoms with Gasteiger partial charge in [0.2, 0.25) is 0 Å². The first-order valence-corrected chi connectivity index (χ1v) is 9.16. The van der Waals surface area contributed by atoms with Crippen LogP contribution in [0, 0.1) is 0 Å². The Morgan fingerprint density at radius 3 is 2.30 bits per heavy atom. The van der Waals surface area contributed by atoms with Crippen molar-refractivity contribution in [1.29, 1.82) is 0 Å². The quantitative estimate of drug-likeness (QED) is 0.782. The molecule has 1 saturated heterocycles. The summed E-state index contributed by atoms with van der Waals surface area (Å²) in [6.07, 6.45) is 0. The fourth-order valence-corrected chi connectivity index (χ4v) is 3.37. The van der Waals surface area contributed by atoms with Crippen molar-refractivity contribution < 1.29 is 19.0 Å². The number of anilines is 1. The normalized spacial score (nSPS) is 14.0. The van der Waals surface area contributed by atoms with Gasteiger partial charge in [-0.25, -0.2) is 0 Å². The summed E-state index contributed by atoms with van der Waals surface area (Å²) in [5.41, 5.74) is 1.60. The second-order valence-electron chi connectivity index (χ2n) is 6.22. The number of benzene rings is 2. The molecule has 1 aliphatic heterocycles. The van der Waals surface area contributed by atoms with Gasteiger partial charge in [0.05, 0.1) is 32.1 Å². The standard InChI is InChI=1S/C21H26N2O4/c1-4-27-18-10-6-5-9-17(18)22-12-14-23(15-13-22)21(24)16-8-7-11-19(25-2)20(16)26-3/h5-11H,4,12-15H2,1-3H3. The van der Waals surface area contributed by atoms with E-state index in [1.54, 1.807) is 26.4 Å². The number of para-hydroxylation sites is 3. The second-order valence-corrected chi connectivity index (χ2v) is 6.22. The summed E-state index contributed by atoms with van der Waals surface area (Å²) in [6, 6.07) is 13.4. The number of rotatable bonds is 6. The molecule has 0 atom stereocenters. The maximum absolute atomic E-state index is 13.0. The van der Waals surface area contributed by atoms with Gasteiger partial charge >= 0.3 is 0 Å². The highest BCUT2D eigenvalue weighted by Crippen LogP contribution is 2.32. The molecular weight excluding hydrogens is 344 g/mol. The minimum atomic E-state index is -0.0384. The Kier molecular flexibility index (Phi) is 6.06. The lowest BCUT2D eigenvalue weighted by Gasteiger charge is -2.37. The van der Waals surface area contributed by atoms with Crippen LogP contribution in [0.15, 0.2) is 42.5 Å². The summed E-state index contributed by atoms with van der Waals surface area (Å²) in [5, 5.41) is 0. The average Bonchev–Trinajstić information content (AvgIpc) is 2.73. The van der Waals surface area contributed by atoms with Crippen LogP contribution < -0.4 is 19.1 Å². The van der Waals surface area contributed by atoms with E-state index >= 15 is 0 Å². The Balaban J connectivity index is 1.72. The van der Waals surface area contributed by atoms with Gasteiger partial charge in [-0.1, -0.05) is 18.2 Å². The van der Waals surface area contributed by atoms with Gasteiger partial charge in [-0.2, -0.15) is 0 Å². The van der Waals surface area contributed by atoms with E-state index in [0.717, 1.165) is 24.5 Å². The van der Waals surface area contributed by atoms with Gasteiger partial charge in [0.1, 0.15) is 5.75 Å². The Morgan fingerprint density at radius 2 is 1.63 bits per heavy atom. The molecule has 1 heterocycles. The van der Waals surface area contributed by atoms with Crippen molar-refractivity contribution in [2.45, 2.75) is 6.92 Å². The number of ether oxygens (including phenoxy) is 3. The number of carbonyl (C=O) groups excluding carboxylic acids is 1. The Hall–Kier alpha value is -2.89. The first-order chi connectivity index (χ1) is 13.2. The molecule has 0 bridgehead atoms. The third-order valence-electron chi connectivity index (χ3n) is 4.71. The van der Waals surface area contributed by atoms with E-state index in [2.05, 4.69) is 11.0 Å². The van der Waals surface area contributed by atoms with Crippen LogP contribution in [0.25, 0.3) is 0 Å². The lowest BCUT2D eigenvalue weighted by Crippen LogP contribution is -2.49. The van der Waals surface area contributed by atoms with Gasteiger partial charge in [-0.3, -0.25) is 4.79 Å². The first-order valence-electron chi connectivity index (χ1n) is 9.16. The molecule has 1 amide bonds. The van der Waals surface area contributed by atoms with E-state index in [1.807, 2.05) is 36.1 Å². The van der Waals surface area contributed by atoms with Gasteiger partial charge in [-0.15, -0.1) is 0 Å². The molecular formula is C21H26N2O4. The third kappa shape index (κ3) is 3.94. The van der Waals surface area contributed by atoms with Gasteiger partial charge in [0.15, 0.2) is 11.5 Å². The van der Waals surface area contributed by atoms with E-state index in [4.69, 9.17) is 14.2 Å². The minimum Gasteiger partial charge on any atom is -0.493 e. The fraction of sp³-hybridized carbons (Fsp3) is 0.381. The summed E-state index contributed by atoms with van der Waals surface area (Å²) in [4.78, 5) is 17.1. The van der Waals surface area contributed by atoms with Crippen LogP contribution in [0.1, 0.15) is 17.3 Å². The zero-order valence-corrected chi connectivity index (χ0v) is 16.1. The van der Waals surface area contributed by atoms with Crippen molar-refractivity contribution in [3.8, 4) is 17.2 Å². The van der Waals surface area contributed by atoms with E-state index in [1.165, 1.54) is 0 Å². The van der Waals surface area contributed by atoms with Crippen molar-refractivity contribution >= 4 is 11.6 Å². The molecule has 1 fully saturated rings. The molecule has 0 radical (unpaired) electrons. The number of hydrogen-bond acceptors (Lipinski definition) is 5. The van der Waals surface area contributed by atoms with E-state index in [-0.39, 0.29) is 5.91 Å². The summed E-state index contributed by atoms with van der Waals surface area (Å²) in [7, 11) is 3.12. The Labute approximate surface area is 160 Å². The van der Waals surface area contributed by atoms with Crippen molar-refractivity contribution in [3.63, 3.8) is 0 Å². The molecule has 3 rings (SSSR count). The van der Waals surface area contributed by atoms with E-state index in [9.17, 15) is 4.79 Å². The predicted molar refractivity (Wildman–Crippen MR) is 105 cm³/mol. The van der Waals surface area contributed by atoms with Gasteiger partial charge in [-0.05, 0) is 31.2 Å². The number of amides is 1. The van der Waals surface area contributed by atoms with Crippen LogP contribution in [0.3, 0.4) is 0 Å². The monoisotopic (exact) mass is 370 g/mol. The summed E-state index contributed by atoms with van der Waals surface area (Å²) < 4.78 is 16.5. The van der Waals surface area contributed by atoms with Crippen molar-refractivity contribution in [2.24, 2.45) is 0 Å². The highest BCUT2D eigenvalue weighted by atomic mass is 16.5. The largest absolute Gasteiger partial charge is 0.493 e. The number of methoxy groups -OCH3 is 2. The number of piperazine rings is 1. The van der Waals surface area contributed by atoms with Gasteiger partial charge in [0.25, 0.3) is 5.91 Å². The van der Waals surface area contributed by atoms with Crippen LogP contribution in [0.4, 0.5) is 5.69 Å². The van der Waals surface area contributed by atoms with Crippen LogP contribution in [0.2, 0.25) is 0 Å².